The molecule has 2 saturated heterocycles. The molecule has 3 fully saturated rings. The van der Waals surface area contributed by atoms with Crippen LogP contribution in [0, 0.1) is 5.92 Å². The fraction of sp³-hybridized carbons (Fsp3) is 1.00. The van der Waals surface area contributed by atoms with E-state index in [1.54, 1.807) is 0 Å². The lowest BCUT2D eigenvalue weighted by Crippen LogP contribution is -2.53. The second-order valence-electron chi connectivity index (χ2n) is 6.76. The predicted octanol–water partition coefficient (Wildman–Crippen LogP) is 2.41. The van der Waals surface area contributed by atoms with E-state index in [1.807, 2.05) is 0 Å². The maximum atomic E-state index is 5.88. The van der Waals surface area contributed by atoms with Crippen LogP contribution in [0.2, 0.25) is 0 Å². The fourth-order valence-electron chi connectivity index (χ4n) is 4.53. The Labute approximate surface area is 118 Å². The molecule has 0 bridgehead atoms. The van der Waals surface area contributed by atoms with Crippen molar-refractivity contribution < 1.29 is 4.74 Å². The molecule has 0 amide bonds. The molecule has 1 saturated carbocycles. The third-order valence-corrected chi connectivity index (χ3v) is 5.65. The molecule has 3 aliphatic rings. The van der Waals surface area contributed by atoms with Gasteiger partial charge in [0.05, 0.1) is 6.10 Å². The van der Waals surface area contributed by atoms with E-state index in [-0.39, 0.29) is 0 Å². The highest BCUT2D eigenvalue weighted by molar-refractivity contribution is 4.93. The predicted molar refractivity (Wildman–Crippen MR) is 78.4 cm³/mol. The second kappa shape index (κ2) is 6.11. The van der Waals surface area contributed by atoms with Gasteiger partial charge < -0.3 is 15.0 Å². The minimum Gasteiger partial charge on any atom is -0.378 e. The Morgan fingerprint density at radius 3 is 2.89 bits per heavy atom. The number of hydrogen-bond donors (Lipinski definition) is 1. The van der Waals surface area contributed by atoms with Gasteiger partial charge in [0.25, 0.3) is 0 Å². The van der Waals surface area contributed by atoms with Crippen LogP contribution in [0.4, 0.5) is 0 Å². The van der Waals surface area contributed by atoms with Crippen molar-refractivity contribution in [3.8, 4) is 0 Å². The summed E-state index contributed by atoms with van der Waals surface area (Å²) in [6.45, 7) is 8.15. The zero-order valence-electron chi connectivity index (χ0n) is 12.6. The van der Waals surface area contributed by atoms with E-state index in [0.717, 1.165) is 30.7 Å². The van der Waals surface area contributed by atoms with Crippen molar-refractivity contribution in [1.82, 2.24) is 10.2 Å². The molecule has 3 nitrogen and oxygen atoms in total. The average Bonchev–Trinajstić information content (AvgIpc) is 2.88. The first-order valence-corrected chi connectivity index (χ1v) is 8.39. The van der Waals surface area contributed by atoms with Gasteiger partial charge in [0.2, 0.25) is 0 Å². The highest BCUT2D eigenvalue weighted by Crippen LogP contribution is 2.35. The molecule has 110 valence electrons. The maximum absolute atomic E-state index is 5.88. The van der Waals surface area contributed by atoms with E-state index in [0.29, 0.717) is 6.10 Å². The minimum atomic E-state index is 0.569. The van der Waals surface area contributed by atoms with Gasteiger partial charge in [-0.25, -0.2) is 0 Å². The smallest absolute Gasteiger partial charge is 0.0619 e. The molecular weight excluding hydrogens is 236 g/mol. The number of hydrogen-bond acceptors (Lipinski definition) is 3. The maximum Gasteiger partial charge on any atom is 0.0619 e. The molecule has 3 heteroatoms. The van der Waals surface area contributed by atoms with Crippen LogP contribution in [-0.2, 0) is 4.74 Å². The summed E-state index contributed by atoms with van der Waals surface area (Å²) in [4.78, 5) is 2.61. The van der Waals surface area contributed by atoms with E-state index in [1.165, 1.54) is 51.6 Å². The molecular formula is C16H30N2O. The number of ether oxygens (including phenoxy) is 1. The van der Waals surface area contributed by atoms with Gasteiger partial charge in [-0.1, -0.05) is 6.92 Å². The van der Waals surface area contributed by atoms with Crippen molar-refractivity contribution in [1.29, 1.82) is 0 Å². The molecule has 2 aliphatic heterocycles. The van der Waals surface area contributed by atoms with Gasteiger partial charge in [-0.05, 0) is 58.5 Å². The quantitative estimate of drug-likeness (QED) is 0.849. The van der Waals surface area contributed by atoms with Crippen LogP contribution in [0.15, 0.2) is 0 Å². The first-order chi connectivity index (χ1) is 9.28. The Bertz CT molecular complexity index is 296. The summed E-state index contributed by atoms with van der Waals surface area (Å²) in [6.07, 6.45) is 8.52. The van der Waals surface area contributed by atoms with E-state index in [2.05, 4.69) is 24.1 Å². The van der Waals surface area contributed by atoms with Crippen molar-refractivity contribution in [3.63, 3.8) is 0 Å². The molecule has 0 aromatic rings. The Hall–Kier alpha value is -0.120. The largest absolute Gasteiger partial charge is 0.378 e. The van der Waals surface area contributed by atoms with Crippen LogP contribution in [0.5, 0.6) is 0 Å². The van der Waals surface area contributed by atoms with Crippen LogP contribution < -0.4 is 5.32 Å². The van der Waals surface area contributed by atoms with Gasteiger partial charge >= 0.3 is 0 Å². The first kappa shape index (κ1) is 13.8. The van der Waals surface area contributed by atoms with Gasteiger partial charge in [0, 0.05) is 30.7 Å². The lowest BCUT2D eigenvalue weighted by molar-refractivity contribution is 0.0464. The number of fused-ring (bicyclic) bond motifs is 1. The number of rotatable bonds is 3. The molecule has 0 aromatic heterocycles. The van der Waals surface area contributed by atoms with Gasteiger partial charge in [0.15, 0.2) is 0 Å². The summed E-state index contributed by atoms with van der Waals surface area (Å²) in [5.74, 6) is 0.799. The summed E-state index contributed by atoms with van der Waals surface area (Å²) < 4.78 is 5.88. The lowest BCUT2D eigenvalue weighted by atomic mass is 9.81. The van der Waals surface area contributed by atoms with E-state index < -0.39 is 0 Å². The summed E-state index contributed by atoms with van der Waals surface area (Å²) in [5.41, 5.74) is 0. The summed E-state index contributed by atoms with van der Waals surface area (Å²) in [7, 11) is 0. The van der Waals surface area contributed by atoms with Gasteiger partial charge in [-0.3, -0.25) is 0 Å². The molecule has 0 radical (unpaired) electrons. The summed E-state index contributed by atoms with van der Waals surface area (Å²) >= 11 is 0. The Morgan fingerprint density at radius 1 is 1.21 bits per heavy atom. The van der Waals surface area contributed by atoms with E-state index in [4.69, 9.17) is 4.74 Å². The zero-order chi connectivity index (χ0) is 13.2. The van der Waals surface area contributed by atoms with Crippen molar-refractivity contribution >= 4 is 0 Å². The molecule has 3 rings (SSSR count). The highest BCUT2D eigenvalue weighted by Gasteiger charge is 2.38. The van der Waals surface area contributed by atoms with Crippen molar-refractivity contribution in [2.24, 2.45) is 5.92 Å². The van der Waals surface area contributed by atoms with E-state index >= 15 is 0 Å². The monoisotopic (exact) mass is 266 g/mol. The molecule has 2 heterocycles. The number of nitrogens with zero attached hydrogens (tertiary/aromatic N) is 1. The zero-order valence-corrected chi connectivity index (χ0v) is 12.6. The van der Waals surface area contributed by atoms with Crippen molar-refractivity contribution in [2.45, 2.75) is 76.6 Å². The molecule has 1 N–H and O–H groups in total. The standard InChI is InChI=1S/C16H30N2O/c1-3-18-9-7-13(11-12(18)2)17-15-5-4-6-16-14(15)8-10-19-16/h12-17H,3-11H2,1-2H3. The first-order valence-electron chi connectivity index (χ1n) is 8.39. The average molecular weight is 266 g/mol. The molecule has 5 atom stereocenters. The van der Waals surface area contributed by atoms with Crippen LogP contribution >= 0.6 is 0 Å². The van der Waals surface area contributed by atoms with Gasteiger partial charge in [-0.15, -0.1) is 0 Å². The topological polar surface area (TPSA) is 24.5 Å². The Balaban J connectivity index is 1.53. The van der Waals surface area contributed by atoms with Crippen LogP contribution in [-0.4, -0.2) is 48.8 Å². The van der Waals surface area contributed by atoms with Gasteiger partial charge in [0.1, 0.15) is 0 Å². The van der Waals surface area contributed by atoms with Crippen LogP contribution in [0.1, 0.15) is 52.4 Å². The third-order valence-electron chi connectivity index (χ3n) is 5.65. The van der Waals surface area contributed by atoms with E-state index in [9.17, 15) is 0 Å². The third kappa shape index (κ3) is 2.98. The van der Waals surface area contributed by atoms with Crippen molar-refractivity contribution in [3.05, 3.63) is 0 Å². The number of likely N-dealkylation sites (tertiary alicyclic amines) is 1. The lowest BCUT2D eigenvalue weighted by Gasteiger charge is -2.41. The summed E-state index contributed by atoms with van der Waals surface area (Å²) in [6, 6.07) is 2.21. The summed E-state index contributed by atoms with van der Waals surface area (Å²) in [5, 5.41) is 4.00. The molecule has 19 heavy (non-hydrogen) atoms. The van der Waals surface area contributed by atoms with Crippen molar-refractivity contribution in [2.75, 3.05) is 19.7 Å². The van der Waals surface area contributed by atoms with Crippen LogP contribution in [0.3, 0.4) is 0 Å². The minimum absolute atomic E-state index is 0.569. The van der Waals surface area contributed by atoms with Crippen LogP contribution in [0.25, 0.3) is 0 Å². The Kier molecular flexibility index (Phi) is 4.45. The highest BCUT2D eigenvalue weighted by atomic mass is 16.5. The number of nitrogens with one attached hydrogen (secondary N) is 1. The Morgan fingerprint density at radius 2 is 2.11 bits per heavy atom. The molecule has 0 aromatic carbocycles. The fourth-order valence-corrected chi connectivity index (χ4v) is 4.53. The normalized spacial score (nSPS) is 44.2. The molecule has 1 aliphatic carbocycles. The molecule has 0 spiro atoms. The second-order valence-corrected chi connectivity index (χ2v) is 6.76. The molecule has 5 unspecified atom stereocenters. The SMILES string of the molecule is CCN1CCC(NC2CCCC3OCCC23)CC1C. The number of piperidine rings is 1. The van der Waals surface area contributed by atoms with Gasteiger partial charge in [-0.2, -0.15) is 0 Å².